The van der Waals surface area contributed by atoms with E-state index in [1.165, 1.54) is 12.1 Å². The highest BCUT2D eigenvalue weighted by atomic mass is 19.2. The van der Waals surface area contributed by atoms with Crippen molar-refractivity contribution in [2.24, 2.45) is 5.73 Å². The molecule has 17 heavy (non-hydrogen) atoms. The lowest BCUT2D eigenvalue weighted by atomic mass is 10.0. The van der Waals surface area contributed by atoms with Crippen LogP contribution in [0.3, 0.4) is 0 Å². The van der Waals surface area contributed by atoms with Crippen molar-refractivity contribution in [2.45, 2.75) is 25.8 Å². The van der Waals surface area contributed by atoms with E-state index in [-0.39, 0.29) is 24.4 Å². The molecule has 0 aromatic heterocycles. The molecule has 1 rings (SSSR count). The number of benzene rings is 1. The van der Waals surface area contributed by atoms with Crippen LogP contribution < -0.4 is 11.1 Å². The molecule has 0 unspecified atom stereocenters. The Balaban J connectivity index is 2.72. The van der Waals surface area contributed by atoms with Crippen LogP contribution in [0.2, 0.25) is 0 Å². The summed E-state index contributed by atoms with van der Waals surface area (Å²) in [5.74, 6) is -2.31. The number of amides is 1. The van der Waals surface area contributed by atoms with E-state index >= 15 is 0 Å². The Morgan fingerprint density at radius 2 is 2.06 bits per heavy atom. The van der Waals surface area contributed by atoms with Gasteiger partial charge in [0.1, 0.15) is 0 Å². The van der Waals surface area contributed by atoms with E-state index in [9.17, 15) is 13.6 Å². The molecular formula is C12H16F2N2O. The van der Waals surface area contributed by atoms with Crippen LogP contribution in [0.4, 0.5) is 8.78 Å². The number of hydrogen-bond donors (Lipinski definition) is 2. The molecule has 0 bridgehead atoms. The average molecular weight is 242 g/mol. The summed E-state index contributed by atoms with van der Waals surface area (Å²) < 4.78 is 26.2. The average Bonchev–Trinajstić information content (AvgIpc) is 2.24. The Bertz CT molecular complexity index is 419. The van der Waals surface area contributed by atoms with Crippen molar-refractivity contribution in [1.82, 2.24) is 5.32 Å². The van der Waals surface area contributed by atoms with E-state index in [0.717, 1.165) is 6.07 Å². The fourth-order valence-electron chi connectivity index (χ4n) is 1.33. The molecule has 0 aliphatic rings. The molecule has 0 saturated heterocycles. The molecule has 0 fully saturated rings. The molecule has 0 aliphatic carbocycles. The van der Waals surface area contributed by atoms with Gasteiger partial charge in [0.25, 0.3) is 0 Å². The minimum absolute atomic E-state index is 0.0373. The summed E-state index contributed by atoms with van der Waals surface area (Å²) in [5.41, 5.74) is 4.94. The molecule has 1 amide bonds. The number of carbonyl (C=O) groups is 1. The van der Waals surface area contributed by atoms with E-state index < -0.39 is 17.2 Å². The number of nitrogens with two attached hydrogens (primary N) is 1. The minimum Gasteiger partial charge on any atom is -0.350 e. The van der Waals surface area contributed by atoms with Gasteiger partial charge in [-0.2, -0.15) is 0 Å². The summed E-state index contributed by atoms with van der Waals surface area (Å²) in [6, 6.07) is 3.77. The maximum atomic E-state index is 13.3. The van der Waals surface area contributed by atoms with Gasteiger partial charge in [0, 0.05) is 17.6 Å². The number of hydrogen-bond acceptors (Lipinski definition) is 2. The Labute approximate surface area is 99.0 Å². The molecule has 0 spiro atoms. The topological polar surface area (TPSA) is 55.1 Å². The first kappa shape index (κ1) is 13.6. The molecule has 0 radical (unpaired) electrons. The molecule has 1 aromatic carbocycles. The summed E-state index contributed by atoms with van der Waals surface area (Å²) in [7, 11) is 0. The third-order valence-corrected chi connectivity index (χ3v) is 2.37. The quantitative estimate of drug-likeness (QED) is 0.837. The fourth-order valence-corrected chi connectivity index (χ4v) is 1.33. The number of halogens is 2. The van der Waals surface area contributed by atoms with E-state index in [1.54, 1.807) is 13.8 Å². The van der Waals surface area contributed by atoms with Gasteiger partial charge < -0.3 is 11.1 Å². The van der Waals surface area contributed by atoms with Crippen molar-refractivity contribution in [2.75, 3.05) is 6.54 Å². The zero-order valence-corrected chi connectivity index (χ0v) is 9.89. The van der Waals surface area contributed by atoms with Crippen molar-refractivity contribution in [3.05, 3.63) is 35.4 Å². The SMILES string of the molecule is CC(C)(CN)NC(=O)Cc1cccc(F)c1F. The largest absolute Gasteiger partial charge is 0.350 e. The molecule has 5 heteroatoms. The fraction of sp³-hybridized carbons (Fsp3) is 0.417. The van der Waals surface area contributed by atoms with Gasteiger partial charge in [0.15, 0.2) is 11.6 Å². The van der Waals surface area contributed by atoms with Gasteiger partial charge in [-0.1, -0.05) is 12.1 Å². The van der Waals surface area contributed by atoms with E-state index in [1.807, 2.05) is 0 Å². The molecule has 3 nitrogen and oxygen atoms in total. The highest BCUT2D eigenvalue weighted by molar-refractivity contribution is 5.79. The normalized spacial score (nSPS) is 11.4. The Hall–Kier alpha value is -1.49. The van der Waals surface area contributed by atoms with Crippen LogP contribution in [0.1, 0.15) is 19.4 Å². The summed E-state index contributed by atoms with van der Waals surface area (Å²) in [6.07, 6.45) is -0.201. The first-order valence-electron chi connectivity index (χ1n) is 5.30. The highest BCUT2D eigenvalue weighted by Crippen LogP contribution is 2.12. The lowest BCUT2D eigenvalue weighted by Crippen LogP contribution is -2.49. The summed E-state index contributed by atoms with van der Waals surface area (Å²) in [4.78, 5) is 11.6. The summed E-state index contributed by atoms with van der Waals surface area (Å²) in [6.45, 7) is 3.78. The second kappa shape index (κ2) is 5.23. The zero-order valence-electron chi connectivity index (χ0n) is 9.89. The monoisotopic (exact) mass is 242 g/mol. The number of rotatable bonds is 4. The minimum atomic E-state index is -0.979. The second-order valence-electron chi connectivity index (χ2n) is 4.53. The molecule has 0 heterocycles. The van der Waals surface area contributed by atoms with Gasteiger partial charge in [-0.15, -0.1) is 0 Å². The maximum absolute atomic E-state index is 13.3. The number of nitrogens with one attached hydrogen (secondary N) is 1. The predicted molar refractivity (Wildman–Crippen MR) is 61.3 cm³/mol. The van der Waals surface area contributed by atoms with Crippen LogP contribution in [0.15, 0.2) is 18.2 Å². The second-order valence-corrected chi connectivity index (χ2v) is 4.53. The van der Waals surface area contributed by atoms with Crippen LogP contribution in [0.5, 0.6) is 0 Å². The third kappa shape index (κ3) is 3.78. The van der Waals surface area contributed by atoms with Crippen molar-refractivity contribution in [1.29, 1.82) is 0 Å². The van der Waals surface area contributed by atoms with Crippen molar-refractivity contribution >= 4 is 5.91 Å². The molecular weight excluding hydrogens is 226 g/mol. The number of carbonyl (C=O) groups excluding carboxylic acids is 1. The van der Waals surface area contributed by atoms with Gasteiger partial charge in [-0.05, 0) is 19.9 Å². The Kier molecular flexibility index (Phi) is 4.17. The van der Waals surface area contributed by atoms with Gasteiger partial charge in [0.2, 0.25) is 5.91 Å². The van der Waals surface area contributed by atoms with Crippen LogP contribution in [-0.2, 0) is 11.2 Å². The van der Waals surface area contributed by atoms with E-state index in [4.69, 9.17) is 5.73 Å². The van der Waals surface area contributed by atoms with E-state index in [2.05, 4.69) is 5.32 Å². The summed E-state index contributed by atoms with van der Waals surface area (Å²) in [5, 5.41) is 2.65. The van der Waals surface area contributed by atoms with Crippen molar-refractivity contribution < 1.29 is 13.6 Å². The lowest BCUT2D eigenvalue weighted by Gasteiger charge is -2.24. The lowest BCUT2D eigenvalue weighted by molar-refractivity contribution is -0.121. The van der Waals surface area contributed by atoms with Crippen LogP contribution in [0, 0.1) is 11.6 Å². The van der Waals surface area contributed by atoms with Crippen molar-refractivity contribution in [3.63, 3.8) is 0 Å². The van der Waals surface area contributed by atoms with Crippen LogP contribution >= 0.6 is 0 Å². The predicted octanol–water partition coefficient (Wildman–Crippen LogP) is 1.36. The molecule has 0 atom stereocenters. The third-order valence-electron chi connectivity index (χ3n) is 2.37. The summed E-state index contributed by atoms with van der Waals surface area (Å²) >= 11 is 0. The standard InChI is InChI=1S/C12H16F2N2O/c1-12(2,7-15)16-10(17)6-8-4-3-5-9(13)11(8)14/h3-5H,6-7,15H2,1-2H3,(H,16,17). The first-order chi connectivity index (χ1) is 7.85. The van der Waals surface area contributed by atoms with E-state index in [0.29, 0.717) is 0 Å². The van der Waals surface area contributed by atoms with Crippen molar-refractivity contribution in [3.8, 4) is 0 Å². The van der Waals surface area contributed by atoms with Gasteiger partial charge in [0.05, 0.1) is 6.42 Å². The van der Waals surface area contributed by atoms with Crippen LogP contribution in [0.25, 0.3) is 0 Å². The smallest absolute Gasteiger partial charge is 0.224 e. The molecule has 3 N–H and O–H groups in total. The Morgan fingerprint density at radius 1 is 1.41 bits per heavy atom. The zero-order chi connectivity index (χ0) is 13.1. The Morgan fingerprint density at radius 3 is 2.65 bits per heavy atom. The molecule has 94 valence electrons. The van der Waals surface area contributed by atoms with Gasteiger partial charge in [-0.3, -0.25) is 4.79 Å². The van der Waals surface area contributed by atoms with Crippen LogP contribution in [-0.4, -0.2) is 18.0 Å². The van der Waals surface area contributed by atoms with Gasteiger partial charge in [-0.25, -0.2) is 8.78 Å². The molecule has 0 aliphatic heterocycles. The molecule has 1 aromatic rings. The molecule has 0 saturated carbocycles. The maximum Gasteiger partial charge on any atom is 0.224 e. The first-order valence-corrected chi connectivity index (χ1v) is 5.30. The van der Waals surface area contributed by atoms with Gasteiger partial charge >= 0.3 is 0 Å². The highest BCUT2D eigenvalue weighted by Gasteiger charge is 2.19.